The topological polar surface area (TPSA) is 233 Å². The average molecular weight is 713 g/mol. The standard InChI is InChI=1S/C21H24F2N8O10P2S2/c1-36-9-3-37-42(34,44)40-15-10(39-20(12(15)23)31-7-29-13-16(24)25-5-27-18(13)31)4-38-43(35,45)41-21(14(9)32)30-2-8(22)11-17(30)26-6-28-19(11)33/h2,5-7,9-10,12,14-15,20-21,32H,3-4H2,1H3,(H,34,44)(H,35,45)(H2,24,25,27)(H,26,28,33)/t9-,10-,12-,14-,15-,20-,21-,42?,43?/m1/s1. The van der Waals surface area contributed by atoms with Crippen LogP contribution in [0, 0.1) is 5.82 Å². The van der Waals surface area contributed by atoms with E-state index in [9.17, 15) is 23.7 Å². The van der Waals surface area contributed by atoms with Crippen LogP contribution in [0.25, 0.3) is 22.2 Å². The van der Waals surface area contributed by atoms with Crippen molar-refractivity contribution in [3.8, 4) is 0 Å². The van der Waals surface area contributed by atoms with Crippen molar-refractivity contribution in [2.45, 2.75) is 43.0 Å². The van der Waals surface area contributed by atoms with Crippen molar-refractivity contribution in [3.63, 3.8) is 0 Å². The van der Waals surface area contributed by atoms with Gasteiger partial charge < -0.3 is 34.7 Å². The van der Waals surface area contributed by atoms with Gasteiger partial charge in [0.1, 0.15) is 41.6 Å². The minimum Gasteiger partial charge on any atom is -0.386 e. The van der Waals surface area contributed by atoms with E-state index in [4.69, 9.17) is 45.1 Å². The number of ether oxygens (including phenoxy) is 2. The maximum absolute atomic E-state index is 16.1. The van der Waals surface area contributed by atoms with Crippen molar-refractivity contribution in [2.75, 3.05) is 26.1 Å². The zero-order chi connectivity index (χ0) is 32.3. The van der Waals surface area contributed by atoms with Gasteiger partial charge in [-0.15, -0.1) is 0 Å². The Hall–Kier alpha value is -2.46. The van der Waals surface area contributed by atoms with Gasteiger partial charge in [-0.1, -0.05) is 12.2 Å². The molecule has 2 saturated heterocycles. The SMILES string of the molecule is CO[C@@H]1COP(O)(=S)O[C@H]2[C@@H](F)[C@H](n3cnc4c(N)ncnc43)O[C@@H]2COP(=O)(S)O[C@@H](n2cc(F)c3c(=O)[nH]cnc32)[C@@H]1O. The summed E-state index contributed by atoms with van der Waals surface area (Å²) in [6.07, 6.45) is -7.68. The fraction of sp³-hybridized carbons (Fsp3) is 0.476. The Bertz CT molecular complexity index is 1900. The lowest BCUT2D eigenvalue weighted by atomic mass is 10.1. The summed E-state index contributed by atoms with van der Waals surface area (Å²) in [5, 5.41) is 10.8. The maximum Gasteiger partial charge on any atom is 0.388 e. The smallest absolute Gasteiger partial charge is 0.386 e. The highest BCUT2D eigenvalue weighted by atomic mass is 32.7. The third-order valence-electron chi connectivity index (χ3n) is 7.05. The summed E-state index contributed by atoms with van der Waals surface area (Å²) in [7, 11) is 1.15. The first-order valence-electron chi connectivity index (χ1n) is 12.8. The van der Waals surface area contributed by atoms with E-state index in [1.807, 2.05) is 0 Å². The van der Waals surface area contributed by atoms with E-state index in [-0.39, 0.29) is 22.6 Å². The molecule has 0 saturated carbocycles. The number of rotatable bonds is 3. The molecule has 2 aliphatic heterocycles. The van der Waals surface area contributed by atoms with Crippen LogP contribution in [-0.4, -0.2) is 95.0 Å². The molecule has 0 bridgehead atoms. The summed E-state index contributed by atoms with van der Waals surface area (Å²) in [6.45, 7) is -10.3. The van der Waals surface area contributed by atoms with E-state index < -0.39 is 86.5 Å². The van der Waals surface area contributed by atoms with E-state index in [1.54, 1.807) is 0 Å². The first kappa shape index (κ1) is 32.5. The van der Waals surface area contributed by atoms with Gasteiger partial charge in [-0.3, -0.25) is 27.5 Å². The number of aromatic amines is 1. The quantitative estimate of drug-likeness (QED) is 0.148. The molecule has 6 heterocycles. The van der Waals surface area contributed by atoms with Crippen LogP contribution in [0.2, 0.25) is 0 Å². The number of aliphatic hydroxyl groups is 1. The molecule has 9 atom stereocenters. The second-order valence-corrected chi connectivity index (χ2v) is 15.4. The second-order valence-electron chi connectivity index (χ2n) is 9.77. The molecule has 0 amide bonds. The van der Waals surface area contributed by atoms with Crippen molar-refractivity contribution in [1.29, 1.82) is 0 Å². The van der Waals surface area contributed by atoms with Crippen LogP contribution < -0.4 is 11.3 Å². The number of nitrogens with one attached hydrogen (secondary N) is 1. The van der Waals surface area contributed by atoms with Gasteiger partial charge in [-0.25, -0.2) is 33.3 Å². The van der Waals surface area contributed by atoms with Crippen molar-refractivity contribution in [1.82, 2.24) is 34.1 Å². The molecule has 4 aromatic rings. The highest BCUT2D eigenvalue weighted by Gasteiger charge is 2.51. The number of hydrogen-bond donors (Lipinski definition) is 5. The lowest BCUT2D eigenvalue weighted by molar-refractivity contribution is -0.106. The Balaban J connectivity index is 1.37. The maximum atomic E-state index is 16.1. The van der Waals surface area contributed by atoms with E-state index >= 15 is 4.39 Å². The number of methoxy groups -OCH3 is 1. The fourth-order valence-electron chi connectivity index (χ4n) is 4.93. The summed E-state index contributed by atoms with van der Waals surface area (Å²) in [5.41, 5.74) is 4.97. The van der Waals surface area contributed by atoms with Gasteiger partial charge in [-0.2, -0.15) is 0 Å². The molecule has 5 N–H and O–H groups in total. The average Bonchev–Trinajstić information content (AvgIpc) is 3.65. The number of H-pyrrole nitrogens is 1. The van der Waals surface area contributed by atoms with E-state index in [1.165, 1.54) is 10.9 Å². The Labute approximate surface area is 260 Å². The van der Waals surface area contributed by atoms with Gasteiger partial charge in [0.15, 0.2) is 41.6 Å². The fourth-order valence-corrected chi connectivity index (χ4v) is 7.75. The molecule has 0 aliphatic carbocycles. The first-order chi connectivity index (χ1) is 21.3. The molecule has 24 heteroatoms. The summed E-state index contributed by atoms with van der Waals surface area (Å²) >= 11 is 9.12. The molecule has 244 valence electrons. The number of imidazole rings is 1. The summed E-state index contributed by atoms with van der Waals surface area (Å²) in [4.78, 5) is 41.4. The Morgan fingerprint density at radius 2 is 1.96 bits per heavy atom. The monoisotopic (exact) mass is 712 g/mol. The predicted molar refractivity (Wildman–Crippen MR) is 156 cm³/mol. The highest BCUT2D eigenvalue weighted by Crippen LogP contribution is 2.58. The number of anilines is 1. The second kappa shape index (κ2) is 12.3. The minimum absolute atomic E-state index is 0.0290. The van der Waals surface area contributed by atoms with E-state index in [0.29, 0.717) is 0 Å². The largest absolute Gasteiger partial charge is 0.388 e. The lowest BCUT2D eigenvalue weighted by Crippen LogP contribution is -2.40. The van der Waals surface area contributed by atoms with Gasteiger partial charge in [-0.05, 0) is 11.8 Å². The van der Waals surface area contributed by atoms with Crippen LogP contribution >= 0.6 is 25.8 Å². The molecule has 0 radical (unpaired) electrons. The van der Waals surface area contributed by atoms with E-state index in [0.717, 1.165) is 30.5 Å². The Morgan fingerprint density at radius 3 is 2.71 bits per heavy atom. The molecule has 0 aromatic carbocycles. The van der Waals surface area contributed by atoms with Crippen LogP contribution in [0.5, 0.6) is 0 Å². The van der Waals surface area contributed by atoms with E-state index in [2.05, 4.69) is 37.2 Å². The lowest BCUT2D eigenvalue weighted by Gasteiger charge is -2.31. The number of nitrogens with zero attached hydrogens (tertiary/aromatic N) is 6. The highest BCUT2D eigenvalue weighted by molar-refractivity contribution is 8.44. The number of alkyl halides is 1. The predicted octanol–water partition coefficient (Wildman–Crippen LogP) is 1.10. The minimum atomic E-state index is -4.57. The van der Waals surface area contributed by atoms with Gasteiger partial charge in [0, 0.05) is 13.3 Å². The van der Waals surface area contributed by atoms with Gasteiger partial charge in [0.2, 0.25) is 0 Å². The molecular weight excluding hydrogens is 688 g/mol. The van der Waals surface area contributed by atoms with Gasteiger partial charge in [0.25, 0.3) is 5.56 Å². The molecule has 0 spiro atoms. The number of hydrogen-bond acceptors (Lipinski definition) is 15. The Kier molecular flexibility index (Phi) is 8.87. The zero-order valence-corrected chi connectivity index (χ0v) is 26.2. The number of aliphatic hydroxyl groups excluding tert-OH is 1. The number of aromatic nitrogens is 7. The molecule has 2 aliphatic rings. The molecule has 2 fully saturated rings. The van der Waals surface area contributed by atoms with Gasteiger partial charge in [0.05, 0.1) is 25.9 Å². The molecule has 2 unspecified atom stereocenters. The van der Waals surface area contributed by atoms with Crippen LogP contribution in [0.1, 0.15) is 12.5 Å². The van der Waals surface area contributed by atoms with Crippen molar-refractivity contribution in [2.24, 2.45) is 0 Å². The molecule has 45 heavy (non-hydrogen) atoms. The van der Waals surface area contributed by atoms with Crippen molar-refractivity contribution < 1.29 is 50.9 Å². The number of nitrogens with two attached hydrogens (primary N) is 1. The number of fused-ring (bicyclic) bond motifs is 3. The number of thiol groups is 1. The summed E-state index contributed by atoms with van der Waals surface area (Å²) in [5.74, 6) is -1.01. The molecular formula is C21H24F2N8O10P2S2. The molecule has 6 rings (SSSR count). The molecule has 18 nitrogen and oxygen atoms in total. The van der Waals surface area contributed by atoms with Crippen LogP contribution in [0.4, 0.5) is 14.6 Å². The summed E-state index contributed by atoms with van der Waals surface area (Å²) in [6, 6.07) is 0. The first-order valence-corrected chi connectivity index (χ1v) is 18.1. The van der Waals surface area contributed by atoms with Crippen molar-refractivity contribution >= 4 is 65.6 Å². The zero-order valence-electron chi connectivity index (χ0n) is 22.7. The van der Waals surface area contributed by atoms with Crippen molar-refractivity contribution in [3.05, 3.63) is 41.3 Å². The van der Waals surface area contributed by atoms with Gasteiger partial charge >= 0.3 is 13.5 Å². The number of halogens is 2. The van der Waals surface area contributed by atoms with Crippen LogP contribution in [-0.2, 0) is 43.9 Å². The third-order valence-corrected chi connectivity index (χ3v) is 10.2. The molecule has 4 aromatic heterocycles. The normalized spacial score (nSPS) is 35.1. The number of nitrogen functional groups attached to an aromatic ring is 1. The van der Waals surface area contributed by atoms with Crippen LogP contribution in [0.3, 0.4) is 0 Å². The summed E-state index contributed by atoms with van der Waals surface area (Å²) < 4.78 is 79.6. The van der Waals surface area contributed by atoms with Crippen LogP contribution in [0.15, 0.2) is 30.0 Å². The Morgan fingerprint density at radius 1 is 1.18 bits per heavy atom. The third kappa shape index (κ3) is 6.18.